The van der Waals surface area contributed by atoms with Crippen LogP contribution in [-0.4, -0.2) is 32.3 Å². The van der Waals surface area contributed by atoms with Gasteiger partial charge in [-0.05, 0) is 31.4 Å². The van der Waals surface area contributed by atoms with Crippen LogP contribution in [0.4, 0.5) is 0 Å². The molecule has 1 atom stereocenters. The van der Waals surface area contributed by atoms with Crippen molar-refractivity contribution in [1.82, 2.24) is 19.9 Å². The Morgan fingerprint density at radius 2 is 2.20 bits per heavy atom. The van der Waals surface area contributed by atoms with E-state index in [-0.39, 0.29) is 11.9 Å². The molecule has 0 saturated carbocycles. The molecule has 5 nitrogen and oxygen atoms in total. The average molecular weight is 268 g/mol. The second kappa shape index (κ2) is 5.36. The predicted octanol–water partition coefficient (Wildman–Crippen LogP) is 2.16. The van der Waals surface area contributed by atoms with Crippen molar-refractivity contribution in [3.8, 4) is 0 Å². The third-order valence-corrected chi connectivity index (χ3v) is 3.58. The number of aromatic nitrogens is 3. The third kappa shape index (κ3) is 2.39. The molecule has 1 aliphatic heterocycles. The van der Waals surface area contributed by atoms with E-state index in [9.17, 15) is 4.79 Å². The minimum atomic E-state index is -0.0520. The van der Waals surface area contributed by atoms with Crippen LogP contribution < -0.4 is 0 Å². The SMILES string of the molecule is Cc1cnc(C(=O)N2CCCC2c2cccnc2)cn1. The molecular formula is C15H16N4O. The van der Waals surface area contributed by atoms with E-state index in [1.165, 1.54) is 0 Å². The molecule has 1 amide bonds. The van der Waals surface area contributed by atoms with Gasteiger partial charge in [0.25, 0.3) is 5.91 Å². The van der Waals surface area contributed by atoms with Gasteiger partial charge in [-0.15, -0.1) is 0 Å². The molecular weight excluding hydrogens is 252 g/mol. The molecule has 0 aromatic carbocycles. The Morgan fingerprint density at radius 3 is 2.90 bits per heavy atom. The second-order valence-corrected chi connectivity index (χ2v) is 4.99. The highest BCUT2D eigenvalue weighted by molar-refractivity contribution is 5.92. The van der Waals surface area contributed by atoms with Crippen molar-refractivity contribution in [2.45, 2.75) is 25.8 Å². The van der Waals surface area contributed by atoms with Crippen molar-refractivity contribution in [3.63, 3.8) is 0 Å². The smallest absolute Gasteiger partial charge is 0.274 e. The van der Waals surface area contributed by atoms with E-state index < -0.39 is 0 Å². The zero-order chi connectivity index (χ0) is 13.9. The number of carbonyl (C=O) groups excluding carboxylic acids is 1. The number of aryl methyl sites for hydroxylation is 1. The van der Waals surface area contributed by atoms with Crippen molar-refractivity contribution in [1.29, 1.82) is 0 Å². The van der Waals surface area contributed by atoms with Crippen LogP contribution in [0.15, 0.2) is 36.9 Å². The summed E-state index contributed by atoms with van der Waals surface area (Å²) in [7, 11) is 0. The van der Waals surface area contributed by atoms with Gasteiger partial charge in [0.2, 0.25) is 0 Å². The van der Waals surface area contributed by atoms with E-state index in [1.807, 2.05) is 30.2 Å². The Kier molecular flexibility index (Phi) is 3.41. The summed E-state index contributed by atoms with van der Waals surface area (Å²) in [6.45, 7) is 2.61. The van der Waals surface area contributed by atoms with Gasteiger partial charge in [0.1, 0.15) is 5.69 Å². The number of rotatable bonds is 2. The van der Waals surface area contributed by atoms with Crippen molar-refractivity contribution in [3.05, 3.63) is 53.9 Å². The number of pyridine rings is 1. The molecule has 20 heavy (non-hydrogen) atoms. The molecule has 0 spiro atoms. The minimum Gasteiger partial charge on any atom is -0.330 e. The van der Waals surface area contributed by atoms with Gasteiger partial charge in [-0.1, -0.05) is 6.07 Å². The van der Waals surface area contributed by atoms with Crippen LogP contribution in [0.1, 0.15) is 40.6 Å². The molecule has 102 valence electrons. The summed E-state index contributed by atoms with van der Waals surface area (Å²) in [5.74, 6) is -0.0520. The number of likely N-dealkylation sites (tertiary alicyclic amines) is 1. The lowest BCUT2D eigenvalue weighted by Crippen LogP contribution is -2.31. The largest absolute Gasteiger partial charge is 0.330 e. The summed E-state index contributed by atoms with van der Waals surface area (Å²) in [5, 5.41) is 0. The fraction of sp³-hybridized carbons (Fsp3) is 0.333. The van der Waals surface area contributed by atoms with Gasteiger partial charge >= 0.3 is 0 Å². The maximum atomic E-state index is 12.5. The van der Waals surface area contributed by atoms with Crippen LogP contribution in [0.2, 0.25) is 0 Å². The van der Waals surface area contributed by atoms with Crippen LogP contribution in [0.5, 0.6) is 0 Å². The van der Waals surface area contributed by atoms with E-state index in [0.717, 1.165) is 30.6 Å². The number of hydrogen-bond acceptors (Lipinski definition) is 4. The molecule has 1 fully saturated rings. The monoisotopic (exact) mass is 268 g/mol. The number of hydrogen-bond donors (Lipinski definition) is 0. The predicted molar refractivity (Wildman–Crippen MR) is 74.0 cm³/mol. The molecule has 2 aromatic heterocycles. The lowest BCUT2D eigenvalue weighted by atomic mass is 10.1. The lowest BCUT2D eigenvalue weighted by molar-refractivity contribution is 0.0729. The number of amides is 1. The Morgan fingerprint density at radius 1 is 1.30 bits per heavy atom. The topological polar surface area (TPSA) is 59.0 Å². The molecule has 0 N–H and O–H groups in total. The summed E-state index contributed by atoms with van der Waals surface area (Å²) < 4.78 is 0. The maximum Gasteiger partial charge on any atom is 0.274 e. The van der Waals surface area contributed by atoms with Crippen molar-refractivity contribution >= 4 is 5.91 Å². The Labute approximate surface area is 117 Å². The molecule has 3 heterocycles. The highest BCUT2D eigenvalue weighted by atomic mass is 16.2. The van der Waals surface area contributed by atoms with Crippen molar-refractivity contribution < 1.29 is 4.79 Å². The highest BCUT2D eigenvalue weighted by Crippen LogP contribution is 2.32. The van der Waals surface area contributed by atoms with Crippen molar-refractivity contribution in [2.75, 3.05) is 6.54 Å². The zero-order valence-electron chi connectivity index (χ0n) is 11.4. The minimum absolute atomic E-state index is 0.0520. The first-order valence-corrected chi connectivity index (χ1v) is 6.75. The molecule has 1 aliphatic rings. The van der Waals surface area contributed by atoms with E-state index in [2.05, 4.69) is 15.0 Å². The third-order valence-electron chi connectivity index (χ3n) is 3.58. The fourth-order valence-corrected chi connectivity index (χ4v) is 2.58. The first-order valence-electron chi connectivity index (χ1n) is 6.75. The zero-order valence-corrected chi connectivity index (χ0v) is 11.4. The average Bonchev–Trinajstić information content (AvgIpc) is 2.97. The first-order chi connectivity index (χ1) is 9.75. The van der Waals surface area contributed by atoms with E-state index in [0.29, 0.717) is 5.69 Å². The van der Waals surface area contributed by atoms with Gasteiger partial charge < -0.3 is 4.90 Å². The van der Waals surface area contributed by atoms with Crippen LogP contribution in [0.25, 0.3) is 0 Å². The fourth-order valence-electron chi connectivity index (χ4n) is 2.58. The van der Waals surface area contributed by atoms with Crippen LogP contribution >= 0.6 is 0 Å². The normalized spacial score (nSPS) is 18.2. The van der Waals surface area contributed by atoms with Crippen molar-refractivity contribution in [2.24, 2.45) is 0 Å². The molecule has 5 heteroatoms. The maximum absolute atomic E-state index is 12.5. The van der Waals surface area contributed by atoms with E-state index >= 15 is 0 Å². The number of nitrogens with zero attached hydrogens (tertiary/aromatic N) is 4. The Bertz CT molecular complexity index is 597. The van der Waals surface area contributed by atoms with Crippen LogP contribution in [-0.2, 0) is 0 Å². The summed E-state index contributed by atoms with van der Waals surface area (Å²) in [6, 6.07) is 4.02. The van der Waals surface area contributed by atoms with Gasteiger partial charge in [-0.25, -0.2) is 4.98 Å². The summed E-state index contributed by atoms with van der Waals surface area (Å²) in [4.78, 5) is 26.9. The molecule has 3 rings (SSSR count). The second-order valence-electron chi connectivity index (χ2n) is 4.99. The van der Waals surface area contributed by atoms with E-state index in [4.69, 9.17) is 0 Å². The molecule has 0 aliphatic carbocycles. The summed E-state index contributed by atoms with van der Waals surface area (Å²) in [5.41, 5.74) is 2.30. The molecule has 2 aromatic rings. The van der Waals surface area contributed by atoms with Gasteiger partial charge in [0, 0.05) is 25.1 Å². The van der Waals surface area contributed by atoms with E-state index in [1.54, 1.807) is 18.6 Å². The lowest BCUT2D eigenvalue weighted by Gasteiger charge is -2.24. The highest BCUT2D eigenvalue weighted by Gasteiger charge is 2.31. The quantitative estimate of drug-likeness (QED) is 0.837. The molecule has 1 saturated heterocycles. The van der Waals surface area contributed by atoms with Crippen LogP contribution in [0.3, 0.4) is 0 Å². The van der Waals surface area contributed by atoms with Gasteiger partial charge in [-0.2, -0.15) is 0 Å². The first kappa shape index (κ1) is 12.7. The van der Waals surface area contributed by atoms with Crippen LogP contribution in [0, 0.1) is 6.92 Å². The molecule has 0 bridgehead atoms. The molecule has 0 radical (unpaired) electrons. The standard InChI is InChI=1S/C15H16N4O/c1-11-8-18-13(10-17-11)15(20)19-7-3-5-14(19)12-4-2-6-16-9-12/h2,4,6,8-10,14H,3,5,7H2,1H3. The van der Waals surface area contributed by atoms with Gasteiger partial charge in [0.15, 0.2) is 0 Å². The van der Waals surface area contributed by atoms with Gasteiger partial charge in [0.05, 0.1) is 17.9 Å². The number of carbonyl (C=O) groups is 1. The molecule has 1 unspecified atom stereocenters. The Hall–Kier alpha value is -2.30. The summed E-state index contributed by atoms with van der Waals surface area (Å²) >= 11 is 0. The van der Waals surface area contributed by atoms with Gasteiger partial charge in [-0.3, -0.25) is 14.8 Å². The summed E-state index contributed by atoms with van der Waals surface area (Å²) in [6.07, 6.45) is 8.73. The Balaban J connectivity index is 1.85.